The van der Waals surface area contributed by atoms with Crippen molar-refractivity contribution in [1.82, 2.24) is 5.32 Å². The standard InChI is InChI=1S/C19H20N2O6/c1-4-25-17(23)13-10(3)27-15(20)14(18(24)26-5-2)19(13)12-9-7-6-8-11(12)16(22)21-19/h6-9H,4-5,20H2,1-3H3,(H,21,22). The van der Waals surface area contributed by atoms with Crippen LogP contribution in [0.5, 0.6) is 0 Å². The number of ether oxygens (including phenoxy) is 3. The molecule has 3 N–H and O–H groups in total. The zero-order valence-corrected chi connectivity index (χ0v) is 15.3. The lowest BCUT2D eigenvalue weighted by Gasteiger charge is -2.37. The number of carbonyl (C=O) groups is 3. The summed E-state index contributed by atoms with van der Waals surface area (Å²) in [6.07, 6.45) is 0. The van der Waals surface area contributed by atoms with Crippen molar-refractivity contribution in [2.24, 2.45) is 5.73 Å². The van der Waals surface area contributed by atoms with Crippen LogP contribution in [0.1, 0.15) is 36.7 Å². The van der Waals surface area contributed by atoms with E-state index in [1.165, 1.54) is 6.92 Å². The summed E-state index contributed by atoms with van der Waals surface area (Å²) in [6, 6.07) is 6.64. The molecule has 2 aliphatic rings. The fraction of sp³-hybridized carbons (Fsp3) is 0.316. The molecule has 1 aromatic carbocycles. The molecule has 27 heavy (non-hydrogen) atoms. The number of rotatable bonds is 4. The first-order valence-corrected chi connectivity index (χ1v) is 8.54. The molecule has 1 spiro atoms. The number of amides is 1. The highest BCUT2D eigenvalue weighted by Gasteiger charge is 2.58. The lowest BCUT2D eigenvalue weighted by molar-refractivity contribution is -0.141. The largest absolute Gasteiger partial charge is 0.462 e. The average Bonchev–Trinajstić information content (AvgIpc) is 2.88. The van der Waals surface area contributed by atoms with Gasteiger partial charge in [0.15, 0.2) is 0 Å². The van der Waals surface area contributed by atoms with Crippen molar-refractivity contribution in [3.05, 3.63) is 58.2 Å². The summed E-state index contributed by atoms with van der Waals surface area (Å²) >= 11 is 0. The van der Waals surface area contributed by atoms with Crippen molar-refractivity contribution in [2.45, 2.75) is 26.3 Å². The van der Waals surface area contributed by atoms with E-state index in [9.17, 15) is 14.4 Å². The first-order valence-electron chi connectivity index (χ1n) is 8.54. The van der Waals surface area contributed by atoms with Crippen molar-refractivity contribution in [3.63, 3.8) is 0 Å². The first kappa shape index (κ1) is 18.5. The minimum Gasteiger partial charge on any atom is -0.462 e. The van der Waals surface area contributed by atoms with Crippen LogP contribution in [0, 0.1) is 0 Å². The quantitative estimate of drug-likeness (QED) is 0.763. The van der Waals surface area contributed by atoms with Gasteiger partial charge in [0.25, 0.3) is 5.91 Å². The molecule has 0 saturated heterocycles. The van der Waals surface area contributed by atoms with Gasteiger partial charge in [0.2, 0.25) is 5.88 Å². The van der Waals surface area contributed by atoms with E-state index in [2.05, 4.69) is 5.32 Å². The summed E-state index contributed by atoms with van der Waals surface area (Å²) in [6.45, 7) is 5.01. The average molecular weight is 372 g/mol. The second kappa shape index (κ2) is 6.79. The summed E-state index contributed by atoms with van der Waals surface area (Å²) < 4.78 is 15.8. The number of nitrogens with two attached hydrogens (primary N) is 1. The number of fused-ring (bicyclic) bond motifs is 2. The predicted octanol–water partition coefficient (Wildman–Crippen LogP) is 1.23. The Hall–Kier alpha value is -3.29. The van der Waals surface area contributed by atoms with Gasteiger partial charge in [-0.1, -0.05) is 18.2 Å². The summed E-state index contributed by atoms with van der Waals surface area (Å²) in [5, 5.41) is 2.76. The second-order valence-electron chi connectivity index (χ2n) is 5.96. The van der Waals surface area contributed by atoms with Crippen LogP contribution < -0.4 is 11.1 Å². The number of nitrogens with one attached hydrogen (secondary N) is 1. The topological polar surface area (TPSA) is 117 Å². The van der Waals surface area contributed by atoms with Crippen molar-refractivity contribution in [1.29, 1.82) is 0 Å². The molecule has 0 aliphatic carbocycles. The van der Waals surface area contributed by atoms with Gasteiger partial charge in [-0.3, -0.25) is 4.79 Å². The maximum atomic E-state index is 12.8. The molecule has 2 heterocycles. The Bertz CT molecular complexity index is 859. The zero-order chi connectivity index (χ0) is 19.8. The summed E-state index contributed by atoms with van der Waals surface area (Å²) in [5.41, 5.74) is 4.93. The van der Waals surface area contributed by atoms with E-state index < -0.39 is 23.4 Å². The zero-order valence-electron chi connectivity index (χ0n) is 15.3. The number of esters is 2. The van der Waals surface area contributed by atoms with E-state index in [-0.39, 0.29) is 36.0 Å². The highest BCUT2D eigenvalue weighted by molar-refractivity contribution is 6.09. The van der Waals surface area contributed by atoms with Crippen LogP contribution in [-0.2, 0) is 29.3 Å². The third-order valence-corrected chi connectivity index (χ3v) is 4.45. The molecular weight excluding hydrogens is 352 g/mol. The van der Waals surface area contributed by atoms with Gasteiger partial charge in [0.1, 0.15) is 22.4 Å². The molecule has 0 saturated carbocycles. The summed E-state index contributed by atoms with van der Waals surface area (Å²) in [5.74, 6) is -2.06. The third kappa shape index (κ3) is 2.64. The van der Waals surface area contributed by atoms with Crippen LogP contribution in [0.15, 0.2) is 47.1 Å². The van der Waals surface area contributed by atoms with Crippen LogP contribution in [0.2, 0.25) is 0 Å². The number of allylic oxidation sites excluding steroid dienone is 1. The van der Waals surface area contributed by atoms with Gasteiger partial charge in [0.05, 0.1) is 13.2 Å². The summed E-state index contributed by atoms with van der Waals surface area (Å²) in [7, 11) is 0. The Morgan fingerprint density at radius 2 is 1.70 bits per heavy atom. The lowest BCUT2D eigenvalue weighted by Crippen LogP contribution is -2.51. The Balaban J connectivity index is 2.34. The van der Waals surface area contributed by atoms with Crippen LogP contribution in [0.25, 0.3) is 0 Å². The van der Waals surface area contributed by atoms with Gasteiger partial charge in [-0.2, -0.15) is 0 Å². The molecule has 1 unspecified atom stereocenters. The van der Waals surface area contributed by atoms with Crippen LogP contribution in [-0.4, -0.2) is 31.1 Å². The van der Waals surface area contributed by atoms with Gasteiger partial charge in [-0.15, -0.1) is 0 Å². The van der Waals surface area contributed by atoms with Gasteiger partial charge >= 0.3 is 11.9 Å². The Morgan fingerprint density at radius 1 is 1.11 bits per heavy atom. The fourth-order valence-electron chi connectivity index (χ4n) is 3.51. The van der Waals surface area contributed by atoms with E-state index in [1.54, 1.807) is 38.1 Å². The number of hydrogen-bond acceptors (Lipinski definition) is 7. The van der Waals surface area contributed by atoms with Crippen LogP contribution in [0.3, 0.4) is 0 Å². The van der Waals surface area contributed by atoms with Crippen molar-refractivity contribution >= 4 is 17.8 Å². The molecule has 3 rings (SSSR count). The molecule has 0 fully saturated rings. The predicted molar refractivity (Wildman–Crippen MR) is 93.9 cm³/mol. The number of carbonyl (C=O) groups excluding carboxylic acids is 3. The SMILES string of the molecule is CCOC(=O)C1=C(C)OC(N)=C(C(=O)OCC)C12NC(=O)c1ccccc12. The highest BCUT2D eigenvalue weighted by Crippen LogP contribution is 2.48. The Labute approximate surface area is 155 Å². The van der Waals surface area contributed by atoms with E-state index in [1.807, 2.05) is 0 Å². The minimum absolute atomic E-state index is 0.0140. The van der Waals surface area contributed by atoms with E-state index in [0.717, 1.165) is 0 Å². The molecule has 142 valence electrons. The first-order chi connectivity index (χ1) is 12.9. The highest BCUT2D eigenvalue weighted by atomic mass is 16.5. The summed E-state index contributed by atoms with van der Waals surface area (Å²) in [4.78, 5) is 38.2. The fourth-order valence-corrected chi connectivity index (χ4v) is 3.51. The number of benzene rings is 1. The third-order valence-electron chi connectivity index (χ3n) is 4.45. The van der Waals surface area contributed by atoms with E-state index in [4.69, 9.17) is 19.9 Å². The molecule has 1 amide bonds. The molecule has 0 aromatic heterocycles. The second-order valence-corrected chi connectivity index (χ2v) is 5.96. The number of hydrogen-bond donors (Lipinski definition) is 2. The van der Waals surface area contributed by atoms with E-state index in [0.29, 0.717) is 11.1 Å². The van der Waals surface area contributed by atoms with Crippen molar-refractivity contribution < 1.29 is 28.6 Å². The van der Waals surface area contributed by atoms with Gasteiger partial charge in [-0.25, -0.2) is 9.59 Å². The van der Waals surface area contributed by atoms with Gasteiger partial charge < -0.3 is 25.3 Å². The van der Waals surface area contributed by atoms with Crippen molar-refractivity contribution in [2.75, 3.05) is 13.2 Å². The molecule has 0 radical (unpaired) electrons. The normalized spacial score (nSPS) is 20.9. The van der Waals surface area contributed by atoms with Crippen LogP contribution in [0.4, 0.5) is 0 Å². The molecule has 0 bridgehead atoms. The molecule has 8 nitrogen and oxygen atoms in total. The van der Waals surface area contributed by atoms with Crippen LogP contribution >= 0.6 is 0 Å². The van der Waals surface area contributed by atoms with E-state index >= 15 is 0 Å². The molecule has 2 aliphatic heterocycles. The molecule has 1 aromatic rings. The Kier molecular flexibility index (Phi) is 4.65. The monoisotopic (exact) mass is 372 g/mol. The van der Waals surface area contributed by atoms with Gasteiger partial charge in [-0.05, 0) is 26.8 Å². The molecular formula is C19H20N2O6. The maximum Gasteiger partial charge on any atom is 0.342 e. The smallest absolute Gasteiger partial charge is 0.342 e. The van der Waals surface area contributed by atoms with Gasteiger partial charge in [0, 0.05) is 11.1 Å². The lowest BCUT2D eigenvalue weighted by atomic mass is 9.75. The molecule has 8 heteroatoms. The minimum atomic E-state index is -1.64. The molecule has 1 atom stereocenters. The Morgan fingerprint density at radius 3 is 2.33 bits per heavy atom. The maximum absolute atomic E-state index is 12.8. The van der Waals surface area contributed by atoms with Crippen molar-refractivity contribution in [3.8, 4) is 0 Å².